The minimum absolute atomic E-state index is 0.0652. The smallest absolute Gasteiger partial charge is 0.233 e. The molecule has 2 rings (SSSR count). The molecule has 1 heterocycles. The molecule has 24 heavy (non-hydrogen) atoms. The normalized spacial score (nSPS) is 14.4. The molecule has 1 N–H and O–H groups in total. The number of benzene rings is 1. The molecule has 5 heteroatoms. The number of hydrogen-bond donors (Lipinski definition) is 1. The van der Waals surface area contributed by atoms with E-state index in [0.717, 1.165) is 56.0 Å². The van der Waals surface area contributed by atoms with E-state index in [1.54, 1.807) is 4.90 Å². The second-order valence-corrected chi connectivity index (χ2v) is 6.34. The lowest BCUT2D eigenvalue weighted by Gasteiger charge is -2.26. The average molecular weight is 331 g/mol. The minimum Gasteiger partial charge on any atom is -0.372 e. The summed E-state index contributed by atoms with van der Waals surface area (Å²) < 4.78 is 0. The van der Waals surface area contributed by atoms with E-state index in [1.807, 2.05) is 19.1 Å². The Bertz CT molecular complexity index is 576. The van der Waals surface area contributed by atoms with Gasteiger partial charge in [0.15, 0.2) is 0 Å². The minimum atomic E-state index is -0.232. The monoisotopic (exact) mass is 331 g/mol. The van der Waals surface area contributed by atoms with Gasteiger partial charge in [0.25, 0.3) is 0 Å². The van der Waals surface area contributed by atoms with E-state index in [9.17, 15) is 9.59 Å². The molecule has 0 atom stereocenters. The fraction of sp³-hybridized carbons (Fsp3) is 0.579. The first-order chi connectivity index (χ1) is 11.5. The molecule has 132 valence electrons. The van der Waals surface area contributed by atoms with Crippen molar-refractivity contribution < 1.29 is 9.59 Å². The Hall–Kier alpha value is -2.04. The highest BCUT2D eigenvalue weighted by molar-refractivity contribution is 6.04. The van der Waals surface area contributed by atoms with E-state index < -0.39 is 0 Å². The SMILES string of the molecule is CCN(CC)c1ccc(NC(=O)CC(=O)N2CCCCC2)c(C)c1. The zero-order chi connectivity index (χ0) is 17.5. The van der Waals surface area contributed by atoms with Gasteiger partial charge in [0.05, 0.1) is 0 Å². The van der Waals surface area contributed by atoms with Crippen LogP contribution in [-0.4, -0.2) is 42.9 Å². The van der Waals surface area contributed by atoms with Gasteiger partial charge in [-0.25, -0.2) is 0 Å². The van der Waals surface area contributed by atoms with Gasteiger partial charge in [-0.2, -0.15) is 0 Å². The van der Waals surface area contributed by atoms with Crippen LogP contribution in [0.15, 0.2) is 18.2 Å². The highest BCUT2D eigenvalue weighted by Crippen LogP contribution is 2.23. The highest BCUT2D eigenvalue weighted by atomic mass is 16.2. The third-order valence-corrected chi connectivity index (χ3v) is 4.63. The first-order valence-corrected chi connectivity index (χ1v) is 8.98. The van der Waals surface area contributed by atoms with Gasteiger partial charge < -0.3 is 15.1 Å². The maximum Gasteiger partial charge on any atom is 0.233 e. The van der Waals surface area contributed by atoms with Crippen LogP contribution in [0.2, 0.25) is 0 Å². The summed E-state index contributed by atoms with van der Waals surface area (Å²) >= 11 is 0. The number of anilines is 2. The van der Waals surface area contributed by atoms with Gasteiger partial charge in [-0.15, -0.1) is 0 Å². The number of aryl methyl sites for hydroxylation is 1. The summed E-state index contributed by atoms with van der Waals surface area (Å²) in [7, 11) is 0. The highest BCUT2D eigenvalue weighted by Gasteiger charge is 2.19. The maximum atomic E-state index is 12.2. The fourth-order valence-electron chi connectivity index (χ4n) is 3.16. The predicted octanol–water partition coefficient (Wildman–Crippen LogP) is 3.18. The molecule has 1 aromatic carbocycles. The van der Waals surface area contributed by atoms with Gasteiger partial charge in [0.2, 0.25) is 11.8 Å². The number of nitrogens with zero attached hydrogens (tertiary/aromatic N) is 2. The van der Waals surface area contributed by atoms with Crippen molar-refractivity contribution in [3.05, 3.63) is 23.8 Å². The van der Waals surface area contributed by atoms with Crippen LogP contribution in [0.25, 0.3) is 0 Å². The Morgan fingerprint density at radius 2 is 1.79 bits per heavy atom. The first-order valence-electron chi connectivity index (χ1n) is 8.98. The van der Waals surface area contributed by atoms with Crippen molar-refractivity contribution in [1.29, 1.82) is 0 Å². The van der Waals surface area contributed by atoms with Crippen LogP contribution >= 0.6 is 0 Å². The predicted molar refractivity (Wildman–Crippen MR) is 98.4 cm³/mol. The number of hydrogen-bond acceptors (Lipinski definition) is 3. The van der Waals surface area contributed by atoms with Gasteiger partial charge in [-0.05, 0) is 63.8 Å². The molecule has 1 saturated heterocycles. The molecule has 1 aliphatic rings. The molecule has 1 fully saturated rings. The van der Waals surface area contributed by atoms with Crippen molar-refractivity contribution in [3.63, 3.8) is 0 Å². The van der Waals surface area contributed by atoms with Crippen molar-refractivity contribution in [2.45, 2.75) is 46.5 Å². The van der Waals surface area contributed by atoms with Crippen molar-refractivity contribution in [1.82, 2.24) is 4.90 Å². The summed E-state index contributed by atoms with van der Waals surface area (Å²) in [6, 6.07) is 6.02. The zero-order valence-corrected chi connectivity index (χ0v) is 15.1. The van der Waals surface area contributed by atoms with E-state index in [1.165, 1.54) is 6.42 Å². The molecule has 0 unspecified atom stereocenters. The summed E-state index contributed by atoms with van der Waals surface area (Å²) in [5.41, 5.74) is 2.94. The molecule has 0 saturated carbocycles. The Morgan fingerprint density at radius 3 is 2.38 bits per heavy atom. The van der Waals surface area contributed by atoms with Gasteiger partial charge in [-0.3, -0.25) is 9.59 Å². The van der Waals surface area contributed by atoms with Gasteiger partial charge >= 0.3 is 0 Å². The molecule has 0 bridgehead atoms. The number of carbonyl (C=O) groups is 2. The summed E-state index contributed by atoms with van der Waals surface area (Å²) in [6.07, 6.45) is 3.18. The number of rotatable bonds is 6. The molecule has 0 spiro atoms. The number of amides is 2. The summed E-state index contributed by atoms with van der Waals surface area (Å²) in [5, 5.41) is 2.88. The van der Waals surface area contributed by atoms with E-state index >= 15 is 0 Å². The topological polar surface area (TPSA) is 52.7 Å². The molecule has 0 aromatic heterocycles. The molecule has 0 aliphatic carbocycles. The molecule has 1 aliphatic heterocycles. The summed E-state index contributed by atoms with van der Waals surface area (Å²) in [5.74, 6) is -0.297. The Labute approximate surface area is 145 Å². The van der Waals surface area contributed by atoms with Crippen LogP contribution in [-0.2, 0) is 9.59 Å². The Kier molecular flexibility index (Phi) is 6.64. The van der Waals surface area contributed by atoms with E-state index in [-0.39, 0.29) is 18.2 Å². The standard InChI is InChI=1S/C19H29N3O2/c1-4-21(5-2)16-9-10-17(15(3)13-16)20-18(23)14-19(24)22-11-7-6-8-12-22/h9-10,13H,4-8,11-12,14H2,1-3H3,(H,20,23). The summed E-state index contributed by atoms with van der Waals surface area (Å²) in [4.78, 5) is 28.4. The Balaban J connectivity index is 1.94. The lowest BCUT2D eigenvalue weighted by molar-refractivity contribution is -0.135. The largest absolute Gasteiger partial charge is 0.372 e. The van der Waals surface area contributed by atoms with Gasteiger partial charge in [0.1, 0.15) is 6.42 Å². The van der Waals surface area contributed by atoms with Crippen LogP contribution in [0.1, 0.15) is 45.1 Å². The first kappa shape index (κ1) is 18.3. The third-order valence-electron chi connectivity index (χ3n) is 4.63. The van der Waals surface area contributed by atoms with Crippen LogP contribution < -0.4 is 10.2 Å². The van der Waals surface area contributed by atoms with E-state index in [0.29, 0.717) is 0 Å². The van der Waals surface area contributed by atoms with Crippen LogP contribution in [0.4, 0.5) is 11.4 Å². The second-order valence-electron chi connectivity index (χ2n) is 6.34. The van der Waals surface area contributed by atoms with Crippen molar-refractivity contribution >= 4 is 23.2 Å². The van der Waals surface area contributed by atoms with Gasteiger partial charge in [-0.1, -0.05) is 0 Å². The number of nitrogens with one attached hydrogen (secondary N) is 1. The van der Waals surface area contributed by atoms with Crippen LogP contribution in [0.3, 0.4) is 0 Å². The van der Waals surface area contributed by atoms with Crippen molar-refractivity contribution in [3.8, 4) is 0 Å². The number of piperidine rings is 1. The molecule has 5 nitrogen and oxygen atoms in total. The Morgan fingerprint density at radius 1 is 1.12 bits per heavy atom. The second kappa shape index (κ2) is 8.71. The zero-order valence-electron chi connectivity index (χ0n) is 15.1. The van der Waals surface area contributed by atoms with Crippen LogP contribution in [0, 0.1) is 6.92 Å². The molecule has 0 radical (unpaired) electrons. The molecular weight excluding hydrogens is 302 g/mol. The lowest BCUT2D eigenvalue weighted by Crippen LogP contribution is -2.37. The quantitative estimate of drug-likeness (QED) is 0.815. The van der Waals surface area contributed by atoms with E-state index in [4.69, 9.17) is 0 Å². The van der Waals surface area contributed by atoms with E-state index in [2.05, 4.69) is 30.1 Å². The number of carbonyl (C=O) groups excluding carboxylic acids is 2. The lowest BCUT2D eigenvalue weighted by atomic mass is 10.1. The summed E-state index contributed by atoms with van der Waals surface area (Å²) in [6.45, 7) is 9.70. The molecule has 2 amide bonds. The van der Waals surface area contributed by atoms with Crippen LogP contribution in [0.5, 0.6) is 0 Å². The van der Waals surface area contributed by atoms with Crippen molar-refractivity contribution in [2.24, 2.45) is 0 Å². The molecular formula is C19H29N3O2. The van der Waals surface area contributed by atoms with Gasteiger partial charge in [0, 0.05) is 37.6 Å². The van der Waals surface area contributed by atoms with Crippen molar-refractivity contribution in [2.75, 3.05) is 36.4 Å². The maximum absolute atomic E-state index is 12.2. The molecule has 1 aromatic rings. The fourth-order valence-corrected chi connectivity index (χ4v) is 3.16. The number of likely N-dealkylation sites (tertiary alicyclic amines) is 1. The average Bonchev–Trinajstić information content (AvgIpc) is 2.59. The third kappa shape index (κ3) is 4.73.